The molecule has 0 bridgehead atoms. The Morgan fingerprint density at radius 2 is 1.91 bits per heavy atom. The van der Waals surface area contributed by atoms with Gasteiger partial charge in [0.15, 0.2) is 11.5 Å². The van der Waals surface area contributed by atoms with Crippen LogP contribution in [0, 0.1) is 0 Å². The van der Waals surface area contributed by atoms with Crippen LogP contribution in [-0.4, -0.2) is 25.5 Å². The van der Waals surface area contributed by atoms with Crippen molar-refractivity contribution in [3.05, 3.63) is 52.0 Å². The van der Waals surface area contributed by atoms with Crippen LogP contribution in [0.25, 0.3) is 0 Å². The highest BCUT2D eigenvalue weighted by Crippen LogP contribution is 2.34. The van der Waals surface area contributed by atoms with Gasteiger partial charge in [-0.3, -0.25) is 0 Å². The van der Waals surface area contributed by atoms with Gasteiger partial charge in [0.1, 0.15) is 5.75 Å². The lowest BCUT2D eigenvalue weighted by molar-refractivity contribution is 0.372. The van der Waals surface area contributed by atoms with E-state index < -0.39 is 0 Å². The van der Waals surface area contributed by atoms with Gasteiger partial charge in [0.05, 0.1) is 31.5 Å². The monoisotopic (exact) mass is 364 g/mol. The number of rotatable bonds is 6. The summed E-state index contributed by atoms with van der Waals surface area (Å²) in [5.74, 6) is 1.28. The lowest BCUT2D eigenvalue weighted by atomic mass is 10.2. The number of nitrogens with one attached hydrogen (secondary N) is 1. The first-order valence-corrected chi connectivity index (χ1v) is 7.39. The van der Waals surface area contributed by atoms with Gasteiger partial charge in [-0.1, -0.05) is 18.2 Å². The van der Waals surface area contributed by atoms with Crippen molar-refractivity contribution in [3.8, 4) is 17.2 Å². The second-order valence-corrected chi connectivity index (χ2v) is 5.31. The number of aromatic hydroxyl groups is 1. The summed E-state index contributed by atoms with van der Waals surface area (Å²) in [6, 6.07) is 11.2. The van der Waals surface area contributed by atoms with Crippen LogP contribution in [0.15, 0.2) is 46.0 Å². The third-order valence-corrected chi connectivity index (χ3v) is 3.64. The number of hydrogen-bond acceptors (Lipinski definition) is 5. The summed E-state index contributed by atoms with van der Waals surface area (Å²) in [5, 5.41) is 13.9. The first-order chi connectivity index (χ1) is 10.7. The lowest BCUT2D eigenvalue weighted by Crippen LogP contribution is -2.06. The molecule has 0 amide bonds. The summed E-state index contributed by atoms with van der Waals surface area (Å²) in [5.41, 5.74) is 4.79. The standard InChI is InChI=1S/C16H17BrN2O3/c1-21-14-6-4-3-5-12(14)10-19-18-9-11-7-13(17)16(20)15(8-11)22-2/h3-9,19-20H,10H2,1-2H3/b18-9-. The fraction of sp³-hybridized carbons (Fsp3) is 0.188. The summed E-state index contributed by atoms with van der Waals surface area (Å²) in [4.78, 5) is 0. The molecular formula is C16H17BrN2O3. The molecule has 2 aromatic rings. The van der Waals surface area contributed by atoms with Crippen molar-refractivity contribution < 1.29 is 14.6 Å². The van der Waals surface area contributed by atoms with Gasteiger partial charge in [0, 0.05) is 5.56 Å². The van der Waals surface area contributed by atoms with Crippen molar-refractivity contribution in [1.29, 1.82) is 0 Å². The van der Waals surface area contributed by atoms with Crippen LogP contribution < -0.4 is 14.9 Å². The van der Waals surface area contributed by atoms with Gasteiger partial charge in [0.2, 0.25) is 0 Å². The van der Waals surface area contributed by atoms with Crippen LogP contribution in [0.5, 0.6) is 17.2 Å². The molecule has 22 heavy (non-hydrogen) atoms. The normalized spacial score (nSPS) is 10.7. The summed E-state index contributed by atoms with van der Waals surface area (Å²) >= 11 is 3.27. The van der Waals surface area contributed by atoms with Gasteiger partial charge < -0.3 is 20.0 Å². The fourth-order valence-electron chi connectivity index (χ4n) is 1.92. The van der Waals surface area contributed by atoms with Crippen molar-refractivity contribution in [2.45, 2.75) is 6.54 Å². The van der Waals surface area contributed by atoms with E-state index in [0.717, 1.165) is 16.9 Å². The Bertz CT molecular complexity index is 674. The highest BCUT2D eigenvalue weighted by molar-refractivity contribution is 9.10. The van der Waals surface area contributed by atoms with Gasteiger partial charge in [-0.2, -0.15) is 5.10 Å². The number of nitrogens with zero attached hydrogens (tertiary/aromatic N) is 1. The van der Waals surface area contributed by atoms with Crippen molar-refractivity contribution >= 4 is 22.1 Å². The van der Waals surface area contributed by atoms with E-state index in [4.69, 9.17) is 9.47 Å². The second-order valence-electron chi connectivity index (χ2n) is 4.46. The van der Waals surface area contributed by atoms with Gasteiger partial charge >= 0.3 is 0 Å². The van der Waals surface area contributed by atoms with Crippen LogP contribution >= 0.6 is 15.9 Å². The van der Waals surface area contributed by atoms with Gasteiger partial charge in [-0.15, -0.1) is 0 Å². The maximum atomic E-state index is 9.75. The maximum Gasteiger partial charge on any atom is 0.172 e. The SMILES string of the molecule is COc1ccccc1CN/N=C\c1cc(Br)c(O)c(OC)c1. The van der Waals surface area contributed by atoms with Crippen molar-refractivity contribution in [2.75, 3.05) is 14.2 Å². The van der Waals surface area contributed by atoms with Crippen LogP contribution in [-0.2, 0) is 6.54 Å². The Morgan fingerprint density at radius 3 is 2.64 bits per heavy atom. The summed E-state index contributed by atoms with van der Waals surface area (Å²) < 4.78 is 10.9. The molecule has 0 fully saturated rings. The Kier molecular flexibility index (Phi) is 5.66. The minimum absolute atomic E-state index is 0.0710. The number of halogens is 1. The predicted octanol–water partition coefficient (Wildman–Crippen LogP) is 3.30. The highest BCUT2D eigenvalue weighted by atomic mass is 79.9. The molecule has 2 aromatic carbocycles. The molecule has 0 aliphatic rings. The average Bonchev–Trinajstić information content (AvgIpc) is 2.54. The smallest absolute Gasteiger partial charge is 0.172 e. The number of ether oxygens (including phenoxy) is 2. The van der Waals surface area contributed by atoms with E-state index in [1.54, 1.807) is 25.5 Å². The Hall–Kier alpha value is -2.21. The molecule has 0 spiro atoms. The van der Waals surface area contributed by atoms with E-state index in [2.05, 4.69) is 26.5 Å². The van der Waals surface area contributed by atoms with Crippen LogP contribution in [0.1, 0.15) is 11.1 Å². The number of benzene rings is 2. The van der Waals surface area contributed by atoms with Crippen molar-refractivity contribution in [3.63, 3.8) is 0 Å². The first-order valence-electron chi connectivity index (χ1n) is 6.60. The summed E-state index contributed by atoms with van der Waals surface area (Å²) in [7, 11) is 3.14. The van der Waals surface area contributed by atoms with E-state index in [9.17, 15) is 5.11 Å². The van der Waals surface area contributed by atoms with Gasteiger partial charge in [0.25, 0.3) is 0 Å². The fourth-order valence-corrected chi connectivity index (χ4v) is 2.38. The van der Waals surface area contributed by atoms with Crippen molar-refractivity contribution in [2.24, 2.45) is 5.10 Å². The molecule has 0 unspecified atom stereocenters. The summed E-state index contributed by atoms with van der Waals surface area (Å²) in [6.07, 6.45) is 1.65. The average molecular weight is 365 g/mol. The molecule has 0 aliphatic heterocycles. The highest BCUT2D eigenvalue weighted by Gasteiger charge is 2.07. The maximum absolute atomic E-state index is 9.75. The van der Waals surface area contributed by atoms with E-state index in [-0.39, 0.29) is 5.75 Å². The number of phenolic OH excluding ortho intramolecular Hbond substituents is 1. The zero-order valence-corrected chi connectivity index (χ0v) is 13.9. The number of methoxy groups -OCH3 is 2. The zero-order valence-electron chi connectivity index (χ0n) is 12.3. The molecule has 0 radical (unpaired) electrons. The lowest BCUT2D eigenvalue weighted by Gasteiger charge is -2.08. The molecule has 0 saturated carbocycles. The van der Waals surface area contributed by atoms with Crippen LogP contribution in [0.2, 0.25) is 0 Å². The van der Waals surface area contributed by atoms with Crippen molar-refractivity contribution in [1.82, 2.24) is 5.43 Å². The van der Waals surface area contributed by atoms with Crippen LogP contribution in [0.3, 0.4) is 0 Å². The van der Waals surface area contributed by atoms with E-state index >= 15 is 0 Å². The Labute approximate surface area is 137 Å². The molecule has 0 heterocycles. The molecule has 0 aliphatic carbocycles. The molecule has 2 N–H and O–H groups in total. The van der Waals surface area contributed by atoms with E-state index in [1.807, 2.05) is 24.3 Å². The zero-order chi connectivity index (χ0) is 15.9. The third kappa shape index (κ3) is 3.92. The summed E-state index contributed by atoms with van der Waals surface area (Å²) in [6.45, 7) is 0.552. The molecule has 0 saturated heterocycles. The molecule has 116 valence electrons. The van der Waals surface area contributed by atoms with E-state index in [0.29, 0.717) is 16.8 Å². The third-order valence-electron chi connectivity index (χ3n) is 3.04. The predicted molar refractivity (Wildman–Crippen MR) is 89.8 cm³/mol. The van der Waals surface area contributed by atoms with Crippen LogP contribution in [0.4, 0.5) is 0 Å². The number of hydrogen-bond donors (Lipinski definition) is 2. The molecule has 0 aromatic heterocycles. The van der Waals surface area contributed by atoms with E-state index in [1.165, 1.54) is 7.11 Å². The number of para-hydroxylation sites is 1. The number of hydrazone groups is 1. The molecule has 2 rings (SSSR count). The van der Waals surface area contributed by atoms with Gasteiger partial charge in [-0.05, 0) is 39.7 Å². The topological polar surface area (TPSA) is 63.1 Å². The Morgan fingerprint density at radius 1 is 1.18 bits per heavy atom. The minimum Gasteiger partial charge on any atom is -0.503 e. The molecule has 5 nitrogen and oxygen atoms in total. The molecular weight excluding hydrogens is 348 g/mol. The first kappa shape index (κ1) is 16.2. The van der Waals surface area contributed by atoms with Gasteiger partial charge in [-0.25, -0.2) is 0 Å². The minimum atomic E-state index is 0.0710. The Balaban J connectivity index is 2.02. The second kappa shape index (κ2) is 7.70. The molecule has 0 atom stereocenters. The largest absolute Gasteiger partial charge is 0.503 e. The quantitative estimate of drug-likeness (QED) is 0.609. The number of phenols is 1. The molecule has 6 heteroatoms.